The Balaban J connectivity index is 2.47. The van der Waals surface area contributed by atoms with E-state index in [1.807, 2.05) is 0 Å². The second kappa shape index (κ2) is 5.31. The van der Waals surface area contributed by atoms with Crippen molar-refractivity contribution in [3.05, 3.63) is 23.8 Å². The number of rotatable bonds is 2. The average Bonchev–Trinajstić information content (AvgIpc) is 2.37. The normalized spacial score (nSPS) is 20.0. The van der Waals surface area contributed by atoms with Crippen molar-refractivity contribution in [1.82, 2.24) is 0 Å². The number of nitriles is 1. The van der Waals surface area contributed by atoms with Gasteiger partial charge in [0.05, 0.1) is 11.3 Å². The van der Waals surface area contributed by atoms with E-state index in [9.17, 15) is 13.7 Å². The summed E-state index contributed by atoms with van der Waals surface area (Å²) in [6, 6.07) is 7.08. The molecule has 102 valence electrons. The second-order valence-corrected chi connectivity index (χ2v) is 7.79. The molecule has 0 spiro atoms. The minimum absolute atomic E-state index is 0.417. The molecule has 1 aromatic rings. The molecule has 1 aromatic carbocycles. The van der Waals surface area contributed by atoms with E-state index >= 15 is 0 Å². The summed E-state index contributed by atoms with van der Waals surface area (Å²) in [7, 11) is -3.19. The minimum Gasteiger partial charge on any atom is -0.399 e. The summed E-state index contributed by atoms with van der Waals surface area (Å²) in [6.45, 7) is 0.612. The smallest absolute Gasteiger partial charge is 0.169 e. The molecule has 7 heteroatoms. The first kappa shape index (κ1) is 14.0. The van der Waals surface area contributed by atoms with Crippen molar-refractivity contribution in [2.24, 2.45) is 0 Å². The van der Waals surface area contributed by atoms with E-state index in [1.54, 1.807) is 34.9 Å². The summed E-state index contributed by atoms with van der Waals surface area (Å²) < 4.78 is 23.7. The van der Waals surface area contributed by atoms with Crippen LogP contribution in [0.2, 0.25) is 0 Å². The molecular weight excluding hydrogens is 282 g/mol. The Hall–Kier alpha value is -1.39. The lowest BCUT2D eigenvalue weighted by atomic mass is 10.1. The molecule has 0 radical (unpaired) electrons. The van der Waals surface area contributed by atoms with Crippen LogP contribution < -0.4 is 10.6 Å². The molecule has 1 atom stereocenters. The van der Waals surface area contributed by atoms with Crippen LogP contribution in [0.5, 0.6) is 0 Å². The second-order valence-electron chi connectivity index (χ2n) is 4.44. The van der Waals surface area contributed by atoms with E-state index in [1.165, 1.54) is 6.26 Å². The van der Waals surface area contributed by atoms with Gasteiger partial charge in [-0.25, -0.2) is 8.42 Å². The Morgan fingerprint density at radius 2 is 2.26 bits per heavy atom. The molecule has 0 amide bonds. The van der Waals surface area contributed by atoms with E-state index in [0.717, 1.165) is 5.75 Å². The Morgan fingerprint density at radius 1 is 1.53 bits per heavy atom. The number of benzene rings is 1. The molecule has 0 bridgehead atoms. The van der Waals surface area contributed by atoms with Gasteiger partial charge in [-0.2, -0.15) is 17.0 Å². The maximum atomic E-state index is 11.9. The highest BCUT2D eigenvalue weighted by molar-refractivity contribution is 8.01. The SMILES string of the molecule is CS(=O)(=O)C1CSCCN1c1ccc(N)cc1C#N. The summed E-state index contributed by atoms with van der Waals surface area (Å²) in [5, 5.41) is 8.59. The fraction of sp³-hybridized carbons (Fsp3) is 0.417. The molecule has 0 aromatic heterocycles. The molecule has 1 unspecified atom stereocenters. The van der Waals surface area contributed by atoms with Gasteiger partial charge in [-0.15, -0.1) is 0 Å². The third kappa shape index (κ3) is 2.96. The van der Waals surface area contributed by atoms with Gasteiger partial charge in [-0.3, -0.25) is 0 Å². The predicted molar refractivity (Wildman–Crippen MR) is 78.9 cm³/mol. The fourth-order valence-electron chi connectivity index (χ4n) is 2.10. The van der Waals surface area contributed by atoms with Gasteiger partial charge in [-0.05, 0) is 18.2 Å². The van der Waals surface area contributed by atoms with Crippen LogP contribution >= 0.6 is 11.8 Å². The van der Waals surface area contributed by atoms with E-state index in [-0.39, 0.29) is 0 Å². The molecule has 1 heterocycles. The molecule has 2 N–H and O–H groups in total. The molecule has 1 aliphatic heterocycles. The monoisotopic (exact) mass is 297 g/mol. The van der Waals surface area contributed by atoms with Gasteiger partial charge in [0, 0.05) is 30.0 Å². The van der Waals surface area contributed by atoms with Crippen molar-refractivity contribution >= 4 is 33.0 Å². The minimum atomic E-state index is -3.19. The van der Waals surface area contributed by atoms with E-state index in [4.69, 9.17) is 5.73 Å². The number of hydrogen-bond acceptors (Lipinski definition) is 6. The van der Waals surface area contributed by atoms with Crippen LogP contribution in [0.15, 0.2) is 18.2 Å². The highest BCUT2D eigenvalue weighted by Gasteiger charge is 2.32. The van der Waals surface area contributed by atoms with Crippen molar-refractivity contribution in [2.75, 3.05) is 34.9 Å². The number of nitrogen functional groups attached to an aromatic ring is 1. The summed E-state index contributed by atoms with van der Waals surface area (Å²) in [6.07, 6.45) is 1.24. The molecule has 5 nitrogen and oxygen atoms in total. The van der Waals surface area contributed by atoms with Crippen LogP contribution in [0.1, 0.15) is 5.56 Å². The third-order valence-electron chi connectivity index (χ3n) is 3.03. The van der Waals surface area contributed by atoms with E-state index < -0.39 is 15.2 Å². The van der Waals surface area contributed by atoms with E-state index in [0.29, 0.717) is 29.2 Å². The highest BCUT2D eigenvalue weighted by atomic mass is 32.2. The Morgan fingerprint density at radius 3 is 2.89 bits per heavy atom. The van der Waals surface area contributed by atoms with Gasteiger partial charge in [0.1, 0.15) is 11.4 Å². The maximum Gasteiger partial charge on any atom is 0.169 e. The van der Waals surface area contributed by atoms with Crippen molar-refractivity contribution in [1.29, 1.82) is 5.26 Å². The summed E-state index contributed by atoms with van der Waals surface area (Å²) in [5.41, 5.74) is 7.23. The van der Waals surface area contributed by atoms with Crippen molar-refractivity contribution < 1.29 is 8.42 Å². The Kier molecular flexibility index (Phi) is 3.92. The zero-order valence-electron chi connectivity index (χ0n) is 10.5. The summed E-state index contributed by atoms with van der Waals surface area (Å²) >= 11 is 1.62. The maximum absolute atomic E-state index is 11.9. The van der Waals surface area contributed by atoms with Crippen LogP contribution in [-0.2, 0) is 9.84 Å². The van der Waals surface area contributed by atoms with Gasteiger partial charge in [0.15, 0.2) is 9.84 Å². The Labute approximate surface area is 117 Å². The van der Waals surface area contributed by atoms with Gasteiger partial charge in [0.25, 0.3) is 0 Å². The first-order chi connectivity index (χ1) is 8.93. The van der Waals surface area contributed by atoms with Gasteiger partial charge < -0.3 is 10.6 Å². The van der Waals surface area contributed by atoms with Gasteiger partial charge in [0.2, 0.25) is 0 Å². The van der Waals surface area contributed by atoms with Crippen LogP contribution in [0.25, 0.3) is 0 Å². The van der Waals surface area contributed by atoms with E-state index in [2.05, 4.69) is 6.07 Å². The van der Waals surface area contributed by atoms with Gasteiger partial charge in [-0.1, -0.05) is 0 Å². The standard InChI is InChI=1S/C12H15N3O2S2/c1-19(16,17)12-8-18-5-4-15(12)11-3-2-10(14)6-9(11)7-13/h2-3,6,12H,4-5,8,14H2,1H3. The lowest BCUT2D eigenvalue weighted by Gasteiger charge is -2.36. The Bertz CT molecular complexity index is 622. The van der Waals surface area contributed by atoms with Crippen LogP contribution in [0.3, 0.4) is 0 Å². The molecule has 19 heavy (non-hydrogen) atoms. The highest BCUT2D eigenvalue weighted by Crippen LogP contribution is 2.30. The quantitative estimate of drug-likeness (QED) is 0.821. The predicted octanol–water partition coefficient (Wildman–Crippen LogP) is 1.06. The van der Waals surface area contributed by atoms with Crippen molar-refractivity contribution in [3.8, 4) is 6.07 Å². The molecular formula is C12H15N3O2S2. The molecule has 0 saturated carbocycles. The topological polar surface area (TPSA) is 87.2 Å². The number of nitrogens with zero attached hydrogens (tertiary/aromatic N) is 2. The number of nitrogens with two attached hydrogens (primary N) is 1. The van der Waals surface area contributed by atoms with Crippen molar-refractivity contribution in [2.45, 2.75) is 5.37 Å². The lowest BCUT2D eigenvalue weighted by Crippen LogP contribution is -2.47. The summed E-state index contributed by atoms with van der Waals surface area (Å²) in [4.78, 5) is 1.80. The first-order valence-electron chi connectivity index (χ1n) is 5.76. The number of anilines is 2. The molecule has 2 rings (SSSR count). The number of thioether (sulfide) groups is 1. The molecule has 1 aliphatic rings. The fourth-order valence-corrected chi connectivity index (χ4v) is 4.94. The molecule has 0 aliphatic carbocycles. The first-order valence-corrected chi connectivity index (χ1v) is 8.87. The molecule has 1 fully saturated rings. The van der Waals surface area contributed by atoms with Crippen molar-refractivity contribution in [3.63, 3.8) is 0 Å². The lowest BCUT2D eigenvalue weighted by molar-refractivity contribution is 0.584. The average molecular weight is 297 g/mol. The van der Waals surface area contributed by atoms with Crippen LogP contribution in [0.4, 0.5) is 11.4 Å². The zero-order valence-corrected chi connectivity index (χ0v) is 12.2. The van der Waals surface area contributed by atoms with Crippen LogP contribution in [-0.4, -0.2) is 38.1 Å². The molecule has 1 saturated heterocycles. The number of sulfone groups is 1. The largest absolute Gasteiger partial charge is 0.399 e. The third-order valence-corrected chi connectivity index (χ3v) is 5.67. The number of hydrogen-bond donors (Lipinski definition) is 1. The summed E-state index contributed by atoms with van der Waals surface area (Å²) in [5.74, 6) is 1.37. The van der Waals surface area contributed by atoms with Crippen LogP contribution in [0, 0.1) is 11.3 Å². The zero-order chi connectivity index (χ0) is 14.0. The van der Waals surface area contributed by atoms with Gasteiger partial charge >= 0.3 is 0 Å².